The second kappa shape index (κ2) is 11.7. The summed E-state index contributed by atoms with van der Waals surface area (Å²) in [5.74, 6) is 3.87. The first kappa shape index (κ1) is 28.7. The third-order valence-electron chi connectivity index (χ3n) is 5.44. The molecule has 202 valence electrons. The minimum atomic E-state index is -4.81. The van der Waals surface area contributed by atoms with Gasteiger partial charge in [-0.05, 0) is 55.2 Å². The summed E-state index contributed by atoms with van der Waals surface area (Å²) in [6.45, 7) is 3.66. The molecule has 1 aliphatic rings. The number of amides is 1. The van der Waals surface area contributed by atoms with E-state index in [1.165, 1.54) is 48.4 Å². The molecule has 0 aromatic heterocycles. The SMILES string of the molecule is COC(C)(C)C#CC1=C(C(=O)NCc2ccc(C(=O)O)cc2)N(Cc2ccc(OC(F)(F)F)cc2)C(Cl)N1. The Morgan fingerprint density at radius 2 is 1.71 bits per heavy atom. The van der Waals surface area contributed by atoms with Crippen molar-refractivity contribution in [3.8, 4) is 17.6 Å². The summed E-state index contributed by atoms with van der Waals surface area (Å²) in [4.78, 5) is 25.9. The second-order valence-corrected chi connectivity index (χ2v) is 9.09. The second-order valence-electron chi connectivity index (χ2n) is 8.67. The van der Waals surface area contributed by atoms with E-state index in [9.17, 15) is 22.8 Å². The molecule has 3 N–H and O–H groups in total. The summed E-state index contributed by atoms with van der Waals surface area (Å²) in [6, 6.07) is 11.2. The van der Waals surface area contributed by atoms with E-state index in [2.05, 4.69) is 27.2 Å². The minimum absolute atomic E-state index is 0.0718. The van der Waals surface area contributed by atoms with Crippen LogP contribution in [0.2, 0.25) is 0 Å². The van der Waals surface area contributed by atoms with Gasteiger partial charge in [0, 0.05) is 20.2 Å². The Morgan fingerprint density at radius 3 is 2.26 bits per heavy atom. The van der Waals surface area contributed by atoms with Gasteiger partial charge < -0.3 is 30.1 Å². The van der Waals surface area contributed by atoms with Crippen molar-refractivity contribution in [2.24, 2.45) is 0 Å². The third-order valence-corrected chi connectivity index (χ3v) is 5.78. The molecule has 1 atom stereocenters. The monoisotopic (exact) mass is 551 g/mol. The van der Waals surface area contributed by atoms with Gasteiger partial charge in [-0.1, -0.05) is 41.8 Å². The van der Waals surface area contributed by atoms with Crippen molar-refractivity contribution in [3.63, 3.8) is 0 Å². The van der Waals surface area contributed by atoms with E-state index in [1.54, 1.807) is 26.0 Å². The topological polar surface area (TPSA) is 100 Å². The highest BCUT2D eigenvalue weighted by Crippen LogP contribution is 2.28. The largest absolute Gasteiger partial charge is 0.573 e. The lowest BCUT2D eigenvalue weighted by Gasteiger charge is -2.24. The molecule has 0 bridgehead atoms. The van der Waals surface area contributed by atoms with E-state index in [0.29, 0.717) is 11.1 Å². The summed E-state index contributed by atoms with van der Waals surface area (Å²) in [6.07, 6.45) is -4.81. The first-order valence-corrected chi connectivity index (χ1v) is 11.7. The maximum atomic E-state index is 13.3. The molecule has 1 aliphatic heterocycles. The zero-order valence-corrected chi connectivity index (χ0v) is 21.4. The van der Waals surface area contributed by atoms with Gasteiger partial charge >= 0.3 is 12.3 Å². The zero-order valence-electron chi connectivity index (χ0n) is 20.6. The lowest BCUT2D eigenvalue weighted by atomic mass is 10.1. The van der Waals surface area contributed by atoms with Crippen LogP contribution >= 0.6 is 11.6 Å². The van der Waals surface area contributed by atoms with Crippen molar-refractivity contribution in [3.05, 3.63) is 76.6 Å². The van der Waals surface area contributed by atoms with Gasteiger partial charge in [-0.15, -0.1) is 13.2 Å². The molecule has 12 heteroatoms. The average Bonchev–Trinajstić information content (AvgIpc) is 3.16. The van der Waals surface area contributed by atoms with E-state index < -0.39 is 29.5 Å². The number of rotatable bonds is 8. The zero-order chi connectivity index (χ0) is 28.1. The van der Waals surface area contributed by atoms with Gasteiger partial charge in [0.1, 0.15) is 22.7 Å². The standard InChI is InChI=1S/C26H25ClF3N3O5/c1-25(2,37-3)13-12-20-21(22(34)31-14-16-4-8-18(9-5-16)23(35)36)33(24(27)32-20)15-17-6-10-19(11-7-17)38-26(28,29)30/h4-11,24,32H,14-15H2,1-3H3,(H,31,34)(H,35,36). The predicted octanol–water partition coefficient (Wildman–Crippen LogP) is 4.17. The Balaban J connectivity index is 1.85. The van der Waals surface area contributed by atoms with Gasteiger partial charge in [0.2, 0.25) is 0 Å². The van der Waals surface area contributed by atoms with Crippen molar-refractivity contribution in [1.29, 1.82) is 0 Å². The van der Waals surface area contributed by atoms with Crippen molar-refractivity contribution < 1.29 is 37.3 Å². The van der Waals surface area contributed by atoms with Gasteiger partial charge in [0.15, 0.2) is 5.62 Å². The molecule has 2 aromatic carbocycles. The number of nitrogens with one attached hydrogen (secondary N) is 2. The lowest BCUT2D eigenvalue weighted by Crippen LogP contribution is -2.37. The maximum Gasteiger partial charge on any atom is 0.573 e. The number of hydrogen-bond acceptors (Lipinski definition) is 6. The van der Waals surface area contributed by atoms with Crippen LogP contribution in [0.1, 0.15) is 35.3 Å². The molecule has 3 rings (SSSR count). The van der Waals surface area contributed by atoms with E-state index >= 15 is 0 Å². The van der Waals surface area contributed by atoms with E-state index in [4.69, 9.17) is 21.4 Å². The van der Waals surface area contributed by atoms with Crippen LogP contribution in [0.4, 0.5) is 13.2 Å². The van der Waals surface area contributed by atoms with Crippen LogP contribution in [-0.4, -0.2) is 46.6 Å². The number of carboxylic acid groups (broad SMARTS) is 1. The van der Waals surface area contributed by atoms with Crippen molar-refractivity contribution in [2.45, 2.75) is 44.5 Å². The van der Waals surface area contributed by atoms with Crippen molar-refractivity contribution in [2.75, 3.05) is 7.11 Å². The highest BCUT2D eigenvalue weighted by Gasteiger charge is 2.34. The fourth-order valence-corrected chi connectivity index (χ4v) is 3.59. The van der Waals surface area contributed by atoms with Gasteiger partial charge in [-0.25, -0.2) is 4.79 Å². The number of aromatic carboxylic acids is 1. The molecule has 1 heterocycles. The first-order chi connectivity index (χ1) is 17.8. The van der Waals surface area contributed by atoms with Crippen LogP contribution in [-0.2, 0) is 22.6 Å². The summed E-state index contributed by atoms with van der Waals surface area (Å²) < 4.78 is 46.7. The Kier molecular flexibility index (Phi) is 8.81. The molecule has 0 fully saturated rings. The molecular formula is C26H25ClF3N3O5. The highest BCUT2D eigenvalue weighted by molar-refractivity contribution is 6.21. The number of carbonyl (C=O) groups excluding carboxylic acids is 1. The average molecular weight is 552 g/mol. The smallest absolute Gasteiger partial charge is 0.478 e. The van der Waals surface area contributed by atoms with Crippen LogP contribution in [0.25, 0.3) is 0 Å². The Hall–Kier alpha value is -3.88. The van der Waals surface area contributed by atoms with Crippen LogP contribution in [0.5, 0.6) is 5.75 Å². The molecule has 0 saturated heterocycles. The highest BCUT2D eigenvalue weighted by atomic mass is 35.5. The minimum Gasteiger partial charge on any atom is -0.478 e. The Bertz CT molecular complexity index is 1270. The van der Waals surface area contributed by atoms with Gasteiger partial charge in [-0.2, -0.15) is 0 Å². The van der Waals surface area contributed by atoms with Crippen LogP contribution < -0.4 is 15.4 Å². The lowest BCUT2D eigenvalue weighted by molar-refractivity contribution is -0.274. The summed E-state index contributed by atoms with van der Waals surface area (Å²) >= 11 is 6.49. The number of nitrogens with zero attached hydrogens (tertiary/aromatic N) is 1. The first-order valence-electron chi connectivity index (χ1n) is 11.2. The molecule has 1 amide bonds. The molecule has 0 spiro atoms. The number of halogens is 4. The molecule has 0 aliphatic carbocycles. The molecule has 8 nitrogen and oxygen atoms in total. The maximum absolute atomic E-state index is 13.3. The number of hydrogen-bond donors (Lipinski definition) is 3. The molecular weight excluding hydrogens is 527 g/mol. The normalized spacial score (nSPS) is 15.4. The van der Waals surface area contributed by atoms with Crippen molar-refractivity contribution in [1.82, 2.24) is 15.5 Å². The molecule has 2 aromatic rings. The number of carbonyl (C=O) groups is 2. The number of methoxy groups -OCH3 is 1. The summed E-state index contributed by atoms with van der Waals surface area (Å²) in [5.41, 5.74) is 0.0139. The third kappa shape index (κ3) is 7.81. The number of carboxylic acids is 1. The number of ether oxygens (including phenoxy) is 2. The van der Waals surface area contributed by atoms with E-state index in [0.717, 1.165) is 0 Å². The van der Waals surface area contributed by atoms with Gasteiger partial charge in [0.05, 0.1) is 5.56 Å². The number of benzene rings is 2. The van der Waals surface area contributed by atoms with Crippen molar-refractivity contribution >= 4 is 23.5 Å². The quantitative estimate of drug-likeness (QED) is 0.257. The number of allylic oxidation sites excluding steroid dienone is 1. The van der Waals surface area contributed by atoms with E-state index in [-0.39, 0.29) is 35.8 Å². The fourth-order valence-electron chi connectivity index (χ4n) is 3.31. The van der Waals surface area contributed by atoms with Gasteiger partial charge in [-0.3, -0.25) is 4.79 Å². The van der Waals surface area contributed by atoms with Crippen LogP contribution in [0, 0.1) is 11.8 Å². The summed E-state index contributed by atoms with van der Waals surface area (Å²) in [5, 5.41) is 14.8. The Labute approximate surface area is 222 Å². The molecule has 1 unspecified atom stereocenters. The fraction of sp³-hybridized carbons (Fsp3) is 0.308. The molecule has 38 heavy (non-hydrogen) atoms. The van der Waals surface area contributed by atoms with E-state index in [1.807, 2.05) is 0 Å². The van der Waals surface area contributed by atoms with Crippen LogP contribution in [0.3, 0.4) is 0 Å². The van der Waals surface area contributed by atoms with Gasteiger partial charge in [0.25, 0.3) is 5.91 Å². The van der Waals surface area contributed by atoms with Crippen LogP contribution in [0.15, 0.2) is 59.9 Å². The number of alkyl halides is 4. The molecule has 0 radical (unpaired) electrons. The molecule has 0 saturated carbocycles. The predicted molar refractivity (Wildman–Crippen MR) is 133 cm³/mol. The summed E-state index contributed by atoms with van der Waals surface area (Å²) in [7, 11) is 1.50. The Morgan fingerprint density at radius 1 is 1.11 bits per heavy atom.